The Balaban J connectivity index is 2.29. The Morgan fingerprint density at radius 1 is 0.706 bits per heavy atom. The van der Waals surface area contributed by atoms with Gasteiger partial charge in [-0.25, -0.2) is 9.98 Å². The van der Waals surface area contributed by atoms with E-state index in [9.17, 15) is 21.0 Å². The van der Waals surface area contributed by atoms with Crippen LogP contribution in [-0.2, 0) is 0 Å². The maximum atomic E-state index is 9.45. The predicted octanol–water partition coefficient (Wildman–Crippen LogP) is 5.90. The lowest BCUT2D eigenvalue weighted by atomic mass is 9.86. The molecule has 1 aromatic rings. The first-order chi connectivity index (χ1) is 16.2. The van der Waals surface area contributed by atoms with Gasteiger partial charge in [-0.3, -0.25) is 0 Å². The van der Waals surface area contributed by atoms with Crippen LogP contribution >= 0.6 is 0 Å². The predicted molar refractivity (Wildman–Crippen MR) is 132 cm³/mol. The molecule has 0 fully saturated rings. The number of hydrogen-bond acceptors (Lipinski definition) is 6. The highest BCUT2D eigenvalue weighted by atomic mass is 14.9. The summed E-state index contributed by atoms with van der Waals surface area (Å²) in [5.41, 5.74) is 7.85. The summed E-state index contributed by atoms with van der Waals surface area (Å²) in [5, 5.41) is 37.5. The molecule has 0 heterocycles. The zero-order chi connectivity index (χ0) is 25.2. The van der Waals surface area contributed by atoms with Gasteiger partial charge in [0.25, 0.3) is 0 Å². The van der Waals surface area contributed by atoms with Crippen LogP contribution in [0.4, 0.5) is 5.69 Å². The first-order valence-electron chi connectivity index (χ1n) is 10.3. The lowest BCUT2D eigenvalue weighted by Gasteiger charge is -2.24. The number of nitriles is 4. The fourth-order valence-corrected chi connectivity index (χ4v) is 3.61. The molecule has 2 aliphatic carbocycles. The molecule has 0 spiro atoms. The highest BCUT2D eigenvalue weighted by molar-refractivity contribution is 6.21. The van der Waals surface area contributed by atoms with Crippen molar-refractivity contribution in [3.05, 3.63) is 98.8 Å². The van der Waals surface area contributed by atoms with Crippen LogP contribution in [0.2, 0.25) is 0 Å². The summed E-state index contributed by atoms with van der Waals surface area (Å²) in [6, 6.07) is 11.3. The third kappa shape index (κ3) is 4.05. The van der Waals surface area contributed by atoms with Gasteiger partial charge < -0.3 is 0 Å². The standard InChI is InChI=1S/C28H20N6/c1-15-7-21(11-29)23(13-31)9-25(15)33-27-19(5)17(3)18(4)20(6)28(27)34-26-10-24(14-32)22(12-30)8-16(26)2/h7-10H,1,6H2,2-5H3/b33-25-,34-28+. The Hall–Kier alpha value is -5.04. The monoisotopic (exact) mass is 440 g/mol. The normalized spacial score (nSPS) is 18.2. The minimum absolute atomic E-state index is 0.213. The number of rotatable bonds is 2. The average Bonchev–Trinajstić information content (AvgIpc) is 2.84. The van der Waals surface area contributed by atoms with Crippen LogP contribution in [0, 0.1) is 52.2 Å². The number of nitrogens with zero attached hydrogens (tertiary/aromatic N) is 6. The Morgan fingerprint density at radius 3 is 1.88 bits per heavy atom. The summed E-state index contributed by atoms with van der Waals surface area (Å²) in [7, 11) is 0. The summed E-state index contributed by atoms with van der Waals surface area (Å²) in [4.78, 5) is 9.65. The van der Waals surface area contributed by atoms with E-state index >= 15 is 0 Å². The van der Waals surface area contributed by atoms with Crippen molar-refractivity contribution in [1.29, 1.82) is 21.0 Å². The van der Waals surface area contributed by atoms with Crippen molar-refractivity contribution in [3.8, 4) is 24.3 Å². The molecule has 0 saturated heterocycles. The van der Waals surface area contributed by atoms with E-state index in [2.05, 4.69) is 13.2 Å². The highest BCUT2D eigenvalue weighted by Crippen LogP contribution is 2.35. The van der Waals surface area contributed by atoms with Crippen LogP contribution < -0.4 is 0 Å². The van der Waals surface area contributed by atoms with Gasteiger partial charge in [0.15, 0.2) is 0 Å². The number of allylic oxidation sites excluding steroid dienone is 9. The molecule has 0 aliphatic heterocycles. The fraction of sp³-hybridized carbons (Fsp3) is 0.143. The van der Waals surface area contributed by atoms with Crippen molar-refractivity contribution < 1.29 is 0 Å². The maximum Gasteiger partial charge on any atom is 0.101 e. The summed E-state index contributed by atoms with van der Waals surface area (Å²) < 4.78 is 0. The molecule has 2 aliphatic rings. The maximum absolute atomic E-state index is 9.45. The Labute approximate surface area is 199 Å². The van der Waals surface area contributed by atoms with E-state index in [0.29, 0.717) is 39.5 Å². The first-order valence-corrected chi connectivity index (χ1v) is 10.3. The zero-order valence-corrected chi connectivity index (χ0v) is 19.4. The fourth-order valence-electron chi connectivity index (χ4n) is 3.61. The molecular formula is C28H20N6. The van der Waals surface area contributed by atoms with Crippen molar-refractivity contribution >= 4 is 17.1 Å². The summed E-state index contributed by atoms with van der Waals surface area (Å²) in [6.45, 7) is 15.9. The minimum Gasteiger partial charge on any atom is -0.246 e. The molecule has 0 aromatic heterocycles. The average molecular weight is 441 g/mol. The number of benzene rings is 1. The second kappa shape index (κ2) is 9.22. The van der Waals surface area contributed by atoms with Gasteiger partial charge in [-0.05, 0) is 85.4 Å². The molecule has 0 bridgehead atoms. The molecular weight excluding hydrogens is 420 g/mol. The molecule has 0 N–H and O–H groups in total. The van der Waals surface area contributed by atoms with Gasteiger partial charge >= 0.3 is 0 Å². The lowest BCUT2D eigenvalue weighted by Crippen LogP contribution is -2.17. The van der Waals surface area contributed by atoms with Gasteiger partial charge in [0, 0.05) is 0 Å². The summed E-state index contributed by atoms with van der Waals surface area (Å²) >= 11 is 0. The molecule has 0 unspecified atom stereocenters. The SMILES string of the molecule is C=C1C=C(C#N)C(C#N)=C/C1=N/C1=C(C)C(C)=C(C)C(=C)/C1=N\c1cc(C#N)c(C#N)cc1C. The molecule has 0 amide bonds. The van der Waals surface area contributed by atoms with Crippen LogP contribution in [0.3, 0.4) is 0 Å². The highest BCUT2D eigenvalue weighted by Gasteiger charge is 2.25. The number of hydrogen-bond donors (Lipinski definition) is 0. The van der Waals surface area contributed by atoms with Crippen molar-refractivity contribution in [1.82, 2.24) is 0 Å². The van der Waals surface area contributed by atoms with Crippen molar-refractivity contribution in [3.63, 3.8) is 0 Å². The number of aliphatic imine (C=N–C) groups is 2. The molecule has 1 aromatic carbocycles. The van der Waals surface area contributed by atoms with E-state index in [-0.39, 0.29) is 16.7 Å². The molecule has 6 nitrogen and oxygen atoms in total. The van der Waals surface area contributed by atoms with Crippen LogP contribution in [0.1, 0.15) is 37.5 Å². The number of aryl methyl sites for hydroxylation is 1. The van der Waals surface area contributed by atoms with Gasteiger partial charge in [-0.15, -0.1) is 0 Å². The Morgan fingerprint density at radius 2 is 1.29 bits per heavy atom. The smallest absolute Gasteiger partial charge is 0.101 e. The molecule has 0 radical (unpaired) electrons. The van der Waals surface area contributed by atoms with Crippen molar-refractivity contribution in [2.75, 3.05) is 0 Å². The topological polar surface area (TPSA) is 120 Å². The summed E-state index contributed by atoms with van der Waals surface area (Å²) in [6.07, 6.45) is 3.09. The minimum atomic E-state index is 0.213. The van der Waals surface area contributed by atoms with Gasteiger partial charge in [0.1, 0.15) is 24.3 Å². The Bertz CT molecular complexity index is 1540. The molecule has 6 heteroatoms. The van der Waals surface area contributed by atoms with E-state index in [0.717, 1.165) is 22.3 Å². The van der Waals surface area contributed by atoms with Crippen molar-refractivity contribution in [2.45, 2.75) is 27.7 Å². The van der Waals surface area contributed by atoms with E-state index in [4.69, 9.17) is 9.98 Å². The second-order valence-corrected chi connectivity index (χ2v) is 7.93. The quantitative estimate of drug-likeness (QED) is 0.568. The van der Waals surface area contributed by atoms with Gasteiger partial charge in [-0.2, -0.15) is 21.0 Å². The third-order valence-electron chi connectivity index (χ3n) is 5.94. The van der Waals surface area contributed by atoms with E-state index in [1.165, 1.54) is 0 Å². The van der Waals surface area contributed by atoms with Crippen LogP contribution in [0.25, 0.3) is 0 Å². The zero-order valence-electron chi connectivity index (χ0n) is 19.4. The van der Waals surface area contributed by atoms with Crippen LogP contribution in [0.15, 0.2) is 92.1 Å². The van der Waals surface area contributed by atoms with Gasteiger partial charge in [-0.1, -0.05) is 13.2 Å². The third-order valence-corrected chi connectivity index (χ3v) is 5.94. The van der Waals surface area contributed by atoms with Crippen LogP contribution in [0.5, 0.6) is 0 Å². The molecule has 0 atom stereocenters. The summed E-state index contributed by atoms with van der Waals surface area (Å²) in [5.74, 6) is 0. The van der Waals surface area contributed by atoms with Gasteiger partial charge in [0.2, 0.25) is 0 Å². The molecule has 34 heavy (non-hydrogen) atoms. The lowest BCUT2D eigenvalue weighted by molar-refractivity contribution is 1.18. The van der Waals surface area contributed by atoms with Crippen molar-refractivity contribution in [2.24, 2.45) is 9.98 Å². The Kier molecular flexibility index (Phi) is 6.40. The molecule has 0 saturated carbocycles. The molecule has 3 rings (SSSR count). The van der Waals surface area contributed by atoms with E-state index < -0.39 is 0 Å². The van der Waals surface area contributed by atoms with Crippen LogP contribution in [-0.4, -0.2) is 11.4 Å². The first kappa shape index (κ1) is 23.6. The molecule has 162 valence electrons. The van der Waals surface area contributed by atoms with E-state index in [1.54, 1.807) is 24.3 Å². The van der Waals surface area contributed by atoms with E-state index in [1.807, 2.05) is 52.0 Å². The second-order valence-electron chi connectivity index (χ2n) is 7.93. The largest absolute Gasteiger partial charge is 0.246 e. The van der Waals surface area contributed by atoms with Gasteiger partial charge in [0.05, 0.1) is 45.1 Å².